The summed E-state index contributed by atoms with van der Waals surface area (Å²) in [4.78, 5) is 4.12. The van der Waals surface area contributed by atoms with E-state index in [1.54, 1.807) is 6.20 Å². The van der Waals surface area contributed by atoms with Crippen molar-refractivity contribution in [2.45, 2.75) is 19.4 Å². The van der Waals surface area contributed by atoms with E-state index in [0.29, 0.717) is 6.54 Å². The third-order valence-electron chi connectivity index (χ3n) is 2.84. The standard InChI is InChI=1S/C14H18N2O/c1-2-7-15-10-14(17)12-5-3-4-11-6-8-16-9-13(11)12/h3-6,8-9,14-15,17H,2,7,10H2,1H3. The van der Waals surface area contributed by atoms with Crippen LogP contribution in [0.2, 0.25) is 0 Å². The van der Waals surface area contributed by atoms with Crippen molar-refractivity contribution in [3.8, 4) is 0 Å². The average Bonchev–Trinajstić information content (AvgIpc) is 2.38. The van der Waals surface area contributed by atoms with Crippen molar-refractivity contribution in [3.05, 3.63) is 42.2 Å². The molecule has 3 heteroatoms. The molecule has 0 radical (unpaired) electrons. The lowest BCUT2D eigenvalue weighted by Crippen LogP contribution is -2.22. The molecule has 90 valence electrons. The predicted molar refractivity (Wildman–Crippen MR) is 69.9 cm³/mol. The summed E-state index contributed by atoms with van der Waals surface area (Å²) >= 11 is 0. The third-order valence-corrected chi connectivity index (χ3v) is 2.84. The van der Waals surface area contributed by atoms with Gasteiger partial charge >= 0.3 is 0 Å². The second-order valence-electron chi connectivity index (χ2n) is 4.16. The van der Waals surface area contributed by atoms with Crippen LogP contribution in [-0.2, 0) is 0 Å². The van der Waals surface area contributed by atoms with E-state index in [0.717, 1.165) is 29.3 Å². The van der Waals surface area contributed by atoms with Gasteiger partial charge in [-0.25, -0.2) is 0 Å². The van der Waals surface area contributed by atoms with Gasteiger partial charge in [-0.1, -0.05) is 25.1 Å². The zero-order valence-corrected chi connectivity index (χ0v) is 10.1. The van der Waals surface area contributed by atoms with E-state index in [9.17, 15) is 5.11 Å². The molecule has 0 aliphatic heterocycles. The molecule has 0 aliphatic carbocycles. The largest absolute Gasteiger partial charge is 0.387 e. The van der Waals surface area contributed by atoms with Gasteiger partial charge in [0.15, 0.2) is 0 Å². The van der Waals surface area contributed by atoms with E-state index in [-0.39, 0.29) is 0 Å². The summed E-state index contributed by atoms with van der Waals surface area (Å²) in [7, 11) is 0. The number of aliphatic hydroxyl groups excluding tert-OH is 1. The predicted octanol–water partition coefficient (Wildman–Crippen LogP) is 2.27. The molecule has 0 bridgehead atoms. The molecular formula is C14H18N2O. The molecule has 1 aromatic carbocycles. The van der Waals surface area contributed by atoms with Gasteiger partial charge in [-0.15, -0.1) is 0 Å². The summed E-state index contributed by atoms with van der Waals surface area (Å²) in [5, 5.41) is 15.5. The van der Waals surface area contributed by atoms with Crippen LogP contribution in [-0.4, -0.2) is 23.2 Å². The number of rotatable bonds is 5. The van der Waals surface area contributed by atoms with Crippen molar-refractivity contribution in [2.75, 3.05) is 13.1 Å². The second-order valence-corrected chi connectivity index (χ2v) is 4.16. The van der Waals surface area contributed by atoms with Gasteiger partial charge in [0.05, 0.1) is 6.10 Å². The minimum absolute atomic E-state index is 0.477. The van der Waals surface area contributed by atoms with Crippen LogP contribution in [0.25, 0.3) is 10.8 Å². The molecule has 1 aromatic heterocycles. The molecule has 0 saturated heterocycles. The highest BCUT2D eigenvalue weighted by molar-refractivity contribution is 5.85. The number of pyridine rings is 1. The fraction of sp³-hybridized carbons (Fsp3) is 0.357. The lowest BCUT2D eigenvalue weighted by molar-refractivity contribution is 0.176. The second kappa shape index (κ2) is 5.75. The number of nitrogens with one attached hydrogen (secondary N) is 1. The maximum Gasteiger partial charge on any atom is 0.0920 e. The smallest absolute Gasteiger partial charge is 0.0920 e. The van der Waals surface area contributed by atoms with Gasteiger partial charge in [-0.05, 0) is 30.0 Å². The third kappa shape index (κ3) is 2.81. The number of nitrogens with zero attached hydrogens (tertiary/aromatic N) is 1. The normalized spacial score (nSPS) is 12.8. The van der Waals surface area contributed by atoms with Crippen LogP contribution in [0.15, 0.2) is 36.7 Å². The zero-order chi connectivity index (χ0) is 12.1. The molecule has 0 aliphatic rings. The molecule has 0 spiro atoms. The Kier molecular flexibility index (Phi) is 4.07. The summed E-state index contributed by atoms with van der Waals surface area (Å²) in [5.74, 6) is 0. The molecule has 0 amide bonds. The van der Waals surface area contributed by atoms with Crippen LogP contribution in [0.3, 0.4) is 0 Å². The molecule has 2 N–H and O–H groups in total. The lowest BCUT2D eigenvalue weighted by atomic mass is 10.0. The van der Waals surface area contributed by atoms with Gasteiger partial charge in [0.2, 0.25) is 0 Å². The molecule has 1 heterocycles. The Balaban J connectivity index is 2.22. The van der Waals surface area contributed by atoms with Crippen LogP contribution >= 0.6 is 0 Å². The molecule has 1 atom stereocenters. The van der Waals surface area contributed by atoms with E-state index in [2.05, 4.69) is 17.2 Å². The summed E-state index contributed by atoms with van der Waals surface area (Å²) in [6.07, 6.45) is 4.18. The van der Waals surface area contributed by atoms with Crippen molar-refractivity contribution in [2.24, 2.45) is 0 Å². The van der Waals surface area contributed by atoms with E-state index in [1.807, 2.05) is 30.5 Å². The number of aromatic nitrogens is 1. The highest BCUT2D eigenvalue weighted by Crippen LogP contribution is 2.22. The average molecular weight is 230 g/mol. The lowest BCUT2D eigenvalue weighted by Gasteiger charge is -2.14. The summed E-state index contributed by atoms with van der Waals surface area (Å²) in [5.41, 5.74) is 0.944. The molecule has 3 nitrogen and oxygen atoms in total. The van der Waals surface area contributed by atoms with Crippen molar-refractivity contribution < 1.29 is 5.11 Å². The number of hydrogen-bond acceptors (Lipinski definition) is 3. The van der Waals surface area contributed by atoms with Crippen molar-refractivity contribution >= 4 is 10.8 Å². The molecule has 2 rings (SSSR count). The van der Waals surface area contributed by atoms with Gasteiger partial charge in [0.25, 0.3) is 0 Å². The number of aliphatic hydroxyl groups is 1. The number of hydrogen-bond donors (Lipinski definition) is 2. The highest BCUT2D eigenvalue weighted by atomic mass is 16.3. The molecule has 1 unspecified atom stereocenters. The first-order chi connectivity index (χ1) is 8.33. The summed E-state index contributed by atoms with van der Waals surface area (Å²) < 4.78 is 0. The van der Waals surface area contributed by atoms with Gasteiger partial charge < -0.3 is 10.4 Å². The Bertz CT molecular complexity index is 479. The Labute approximate surface area is 102 Å². The Morgan fingerprint density at radius 3 is 3.06 bits per heavy atom. The van der Waals surface area contributed by atoms with Gasteiger partial charge in [0, 0.05) is 24.3 Å². The first kappa shape index (κ1) is 12.0. The summed E-state index contributed by atoms with van der Waals surface area (Å²) in [6, 6.07) is 7.93. The number of benzene rings is 1. The van der Waals surface area contributed by atoms with Crippen molar-refractivity contribution in [3.63, 3.8) is 0 Å². The minimum Gasteiger partial charge on any atom is -0.387 e. The van der Waals surface area contributed by atoms with Crippen LogP contribution < -0.4 is 5.32 Å². The Morgan fingerprint density at radius 1 is 1.35 bits per heavy atom. The van der Waals surface area contributed by atoms with Gasteiger partial charge in [0.1, 0.15) is 0 Å². The molecule has 17 heavy (non-hydrogen) atoms. The summed E-state index contributed by atoms with van der Waals surface area (Å²) in [6.45, 7) is 3.63. The topological polar surface area (TPSA) is 45.1 Å². The van der Waals surface area contributed by atoms with Gasteiger partial charge in [-0.2, -0.15) is 0 Å². The van der Waals surface area contributed by atoms with E-state index in [1.165, 1.54) is 0 Å². The molecule has 0 saturated carbocycles. The Morgan fingerprint density at radius 2 is 2.24 bits per heavy atom. The van der Waals surface area contributed by atoms with Crippen LogP contribution in [0.4, 0.5) is 0 Å². The van der Waals surface area contributed by atoms with Crippen LogP contribution in [0, 0.1) is 0 Å². The first-order valence-corrected chi connectivity index (χ1v) is 6.04. The van der Waals surface area contributed by atoms with Crippen LogP contribution in [0.5, 0.6) is 0 Å². The van der Waals surface area contributed by atoms with Gasteiger partial charge in [-0.3, -0.25) is 4.98 Å². The maximum atomic E-state index is 10.2. The van der Waals surface area contributed by atoms with Crippen molar-refractivity contribution in [1.82, 2.24) is 10.3 Å². The fourth-order valence-corrected chi connectivity index (χ4v) is 1.95. The highest BCUT2D eigenvalue weighted by Gasteiger charge is 2.10. The van der Waals surface area contributed by atoms with Crippen LogP contribution in [0.1, 0.15) is 25.0 Å². The van der Waals surface area contributed by atoms with E-state index < -0.39 is 6.10 Å². The molecule has 0 fully saturated rings. The fourth-order valence-electron chi connectivity index (χ4n) is 1.95. The van der Waals surface area contributed by atoms with E-state index in [4.69, 9.17) is 0 Å². The zero-order valence-electron chi connectivity index (χ0n) is 10.1. The number of fused-ring (bicyclic) bond motifs is 1. The first-order valence-electron chi connectivity index (χ1n) is 6.04. The SMILES string of the molecule is CCCNCC(O)c1cccc2ccncc12. The quantitative estimate of drug-likeness (QED) is 0.774. The Hall–Kier alpha value is -1.45. The molecule has 2 aromatic rings. The monoisotopic (exact) mass is 230 g/mol. The minimum atomic E-state index is -0.477. The van der Waals surface area contributed by atoms with E-state index >= 15 is 0 Å². The van der Waals surface area contributed by atoms with Crippen molar-refractivity contribution in [1.29, 1.82) is 0 Å². The molecular weight excluding hydrogens is 212 g/mol. The maximum absolute atomic E-state index is 10.2.